The molecule has 3 N–H and O–H groups in total. The first kappa shape index (κ1) is 23.5. The predicted octanol–water partition coefficient (Wildman–Crippen LogP) is 4.73. The fourth-order valence-electron chi connectivity index (χ4n) is 2.18. The average molecular weight is 405 g/mol. The van der Waals surface area contributed by atoms with Gasteiger partial charge in [0.2, 0.25) is 5.91 Å². The van der Waals surface area contributed by atoms with Crippen molar-refractivity contribution < 1.29 is 4.79 Å². The van der Waals surface area contributed by atoms with Gasteiger partial charge in [-0.1, -0.05) is 41.9 Å². The Bertz CT molecular complexity index is 639. The molecule has 138 valence electrons. The van der Waals surface area contributed by atoms with Crippen LogP contribution in [-0.4, -0.2) is 19.5 Å². The number of anilines is 2. The molecule has 25 heavy (non-hydrogen) atoms. The molecule has 0 aliphatic rings. The molecular weight excluding hydrogens is 381 g/mol. The minimum absolute atomic E-state index is 0. The van der Waals surface area contributed by atoms with Crippen LogP contribution in [0.4, 0.5) is 11.4 Å². The summed E-state index contributed by atoms with van der Waals surface area (Å²) in [4.78, 5) is 11.8. The van der Waals surface area contributed by atoms with Gasteiger partial charge in [0.25, 0.3) is 0 Å². The molecular formula is C18H24Cl3N3O. The molecule has 0 aromatic heterocycles. The Kier molecular flexibility index (Phi) is 12.1. The maximum Gasteiger partial charge on any atom is 0.224 e. The van der Waals surface area contributed by atoms with Crippen LogP contribution >= 0.6 is 36.4 Å². The van der Waals surface area contributed by atoms with Gasteiger partial charge in [-0.3, -0.25) is 4.79 Å². The van der Waals surface area contributed by atoms with Gasteiger partial charge in [-0.25, -0.2) is 0 Å². The quantitative estimate of drug-likeness (QED) is 0.557. The standard InChI is InChI=1S/C18H22ClN3O.2ClH/c1-20-11-5-8-18(23)22-15-9-10-17(16(19)12-15)21-13-14-6-3-2-4-7-14;;/h2-4,6-7,9-10,12,20-21H,5,8,11,13H2,1H3,(H,22,23);2*1H. The lowest BCUT2D eigenvalue weighted by atomic mass is 10.2. The smallest absolute Gasteiger partial charge is 0.224 e. The van der Waals surface area contributed by atoms with E-state index in [0.29, 0.717) is 18.0 Å². The van der Waals surface area contributed by atoms with Crippen molar-refractivity contribution >= 4 is 53.7 Å². The molecule has 2 aromatic rings. The second-order valence-corrected chi connectivity index (χ2v) is 5.70. The number of hydrogen-bond acceptors (Lipinski definition) is 3. The molecule has 0 saturated heterocycles. The Balaban J connectivity index is 0.00000288. The van der Waals surface area contributed by atoms with Crippen LogP contribution in [0.15, 0.2) is 48.5 Å². The van der Waals surface area contributed by atoms with Gasteiger partial charge in [-0.15, -0.1) is 24.8 Å². The van der Waals surface area contributed by atoms with Crippen LogP contribution in [0.2, 0.25) is 5.02 Å². The molecule has 0 atom stereocenters. The molecule has 0 aliphatic heterocycles. The lowest BCUT2D eigenvalue weighted by molar-refractivity contribution is -0.116. The molecule has 0 radical (unpaired) electrons. The van der Waals surface area contributed by atoms with E-state index in [-0.39, 0.29) is 30.7 Å². The van der Waals surface area contributed by atoms with E-state index >= 15 is 0 Å². The van der Waals surface area contributed by atoms with E-state index in [4.69, 9.17) is 11.6 Å². The normalized spacial score (nSPS) is 9.52. The van der Waals surface area contributed by atoms with E-state index in [2.05, 4.69) is 28.1 Å². The van der Waals surface area contributed by atoms with Crippen LogP contribution in [0.3, 0.4) is 0 Å². The van der Waals surface area contributed by atoms with Crippen molar-refractivity contribution in [2.75, 3.05) is 24.2 Å². The number of rotatable bonds is 8. The zero-order valence-electron chi connectivity index (χ0n) is 14.0. The fraction of sp³-hybridized carbons (Fsp3) is 0.278. The summed E-state index contributed by atoms with van der Waals surface area (Å²) in [6.07, 6.45) is 1.30. The SMILES string of the molecule is CNCCCC(=O)Nc1ccc(NCc2ccccc2)c(Cl)c1.Cl.Cl. The first-order valence-corrected chi connectivity index (χ1v) is 8.08. The van der Waals surface area contributed by atoms with Crippen molar-refractivity contribution in [1.82, 2.24) is 5.32 Å². The molecule has 0 unspecified atom stereocenters. The highest BCUT2D eigenvalue weighted by Crippen LogP contribution is 2.26. The molecule has 7 heteroatoms. The summed E-state index contributed by atoms with van der Waals surface area (Å²) in [5, 5.41) is 9.78. The lowest BCUT2D eigenvalue weighted by Crippen LogP contribution is -2.15. The Labute approximate surface area is 166 Å². The third kappa shape index (κ3) is 8.45. The van der Waals surface area contributed by atoms with Gasteiger partial charge < -0.3 is 16.0 Å². The highest BCUT2D eigenvalue weighted by Gasteiger charge is 2.05. The second-order valence-electron chi connectivity index (χ2n) is 5.29. The van der Waals surface area contributed by atoms with Crippen LogP contribution in [0.1, 0.15) is 18.4 Å². The maximum atomic E-state index is 11.8. The fourth-order valence-corrected chi connectivity index (χ4v) is 2.43. The Morgan fingerprint density at radius 1 is 1.08 bits per heavy atom. The monoisotopic (exact) mass is 403 g/mol. The van der Waals surface area contributed by atoms with E-state index in [1.807, 2.05) is 37.4 Å². The number of amides is 1. The van der Waals surface area contributed by atoms with Gasteiger partial charge in [0.05, 0.1) is 10.7 Å². The van der Waals surface area contributed by atoms with E-state index in [9.17, 15) is 4.79 Å². The number of nitrogens with one attached hydrogen (secondary N) is 3. The zero-order chi connectivity index (χ0) is 16.5. The molecule has 2 rings (SSSR count). The Morgan fingerprint density at radius 2 is 1.80 bits per heavy atom. The van der Waals surface area contributed by atoms with Crippen LogP contribution in [-0.2, 0) is 11.3 Å². The number of carbonyl (C=O) groups excluding carboxylic acids is 1. The minimum atomic E-state index is 0. The summed E-state index contributed by atoms with van der Waals surface area (Å²) in [6, 6.07) is 15.6. The topological polar surface area (TPSA) is 53.2 Å². The van der Waals surface area contributed by atoms with Gasteiger partial charge in [0.15, 0.2) is 0 Å². The van der Waals surface area contributed by atoms with E-state index in [0.717, 1.165) is 24.3 Å². The van der Waals surface area contributed by atoms with E-state index in [1.54, 1.807) is 6.07 Å². The Morgan fingerprint density at radius 3 is 2.44 bits per heavy atom. The van der Waals surface area contributed by atoms with Crippen molar-refractivity contribution in [1.29, 1.82) is 0 Å². The molecule has 0 fully saturated rings. The molecule has 4 nitrogen and oxygen atoms in total. The van der Waals surface area contributed by atoms with Crippen molar-refractivity contribution in [2.24, 2.45) is 0 Å². The van der Waals surface area contributed by atoms with Crippen LogP contribution < -0.4 is 16.0 Å². The molecule has 2 aromatic carbocycles. The largest absolute Gasteiger partial charge is 0.380 e. The van der Waals surface area contributed by atoms with Crippen molar-refractivity contribution in [3.63, 3.8) is 0 Å². The zero-order valence-corrected chi connectivity index (χ0v) is 16.4. The maximum absolute atomic E-state index is 11.8. The summed E-state index contributed by atoms with van der Waals surface area (Å²) >= 11 is 6.28. The van der Waals surface area contributed by atoms with Crippen molar-refractivity contribution in [3.05, 3.63) is 59.1 Å². The second kappa shape index (κ2) is 12.8. The summed E-state index contributed by atoms with van der Waals surface area (Å²) < 4.78 is 0. The highest BCUT2D eigenvalue weighted by atomic mass is 35.5. The van der Waals surface area contributed by atoms with E-state index in [1.165, 1.54) is 5.56 Å². The summed E-state index contributed by atoms with van der Waals surface area (Å²) in [5.74, 6) is 0.00121. The minimum Gasteiger partial charge on any atom is -0.380 e. The first-order valence-electron chi connectivity index (χ1n) is 7.71. The molecule has 1 amide bonds. The third-order valence-corrected chi connectivity index (χ3v) is 3.72. The summed E-state index contributed by atoms with van der Waals surface area (Å²) in [7, 11) is 1.87. The molecule has 0 aliphatic carbocycles. The van der Waals surface area contributed by atoms with Crippen molar-refractivity contribution in [3.8, 4) is 0 Å². The number of carbonyl (C=O) groups is 1. The van der Waals surface area contributed by atoms with Gasteiger partial charge in [-0.2, -0.15) is 0 Å². The van der Waals surface area contributed by atoms with Gasteiger partial charge in [0.1, 0.15) is 0 Å². The van der Waals surface area contributed by atoms with E-state index < -0.39 is 0 Å². The molecule has 0 heterocycles. The number of hydrogen-bond donors (Lipinski definition) is 3. The third-order valence-electron chi connectivity index (χ3n) is 3.41. The molecule has 0 saturated carbocycles. The number of halogens is 3. The van der Waals surface area contributed by atoms with Gasteiger partial charge in [0, 0.05) is 18.7 Å². The van der Waals surface area contributed by atoms with Crippen LogP contribution in [0.5, 0.6) is 0 Å². The summed E-state index contributed by atoms with van der Waals surface area (Å²) in [6.45, 7) is 1.53. The first-order chi connectivity index (χ1) is 11.2. The van der Waals surface area contributed by atoms with Gasteiger partial charge >= 0.3 is 0 Å². The summed E-state index contributed by atoms with van der Waals surface area (Å²) in [5.41, 5.74) is 2.75. The lowest BCUT2D eigenvalue weighted by Gasteiger charge is -2.11. The highest BCUT2D eigenvalue weighted by molar-refractivity contribution is 6.33. The van der Waals surface area contributed by atoms with Crippen LogP contribution in [0, 0.1) is 0 Å². The van der Waals surface area contributed by atoms with Gasteiger partial charge in [-0.05, 0) is 43.8 Å². The number of benzene rings is 2. The van der Waals surface area contributed by atoms with Crippen LogP contribution in [0.25, 0.3) is 0 Å². The van der Waals surface area contributed by atoms with Crippen molar-refractivity contribution in [2.45, 2.75) is 19.4 Å². The molecule has 0 spiro atoms. The predicted molar refractivity (Wildman–Crippen MR) is 112 cm³/mol. The average Bonchev–Trinajstić information content (AvgIpc) is 2.55. The molecule has 0 bridgehead atoms. The Hall–Kier alpha value is -1.46.